The Hall–Kier alpha value is -4.22. The second-order valence-electron chi connectivity index (χ2n) is 8.34. The predicted octanol–water partition coefficient (Wildman–Crippen LogP) is 3.04. The van der Waals surface area contributed by atoms with Crippen LogP contribution in [0.1, 0.15) is 12.8 Å². The molecular formula is C26H25N3O7S. The van der Waals surface area contributed by atoms with Gasteiger partial charge in [0.25, 0.3) is 5.56 Å². The Bertz CT molecular complexity index is 1630. The molecule has 1 aromatic heterocycles. The molecule has 37 heavy (non-hydrogen) atoms. The summed E-state index contributed by atoms with van der Waals surface area (Å²) in [4.78, 5) is 39.5. The number of benzene rings is 3. The number of likely N-dealkylation sites (N-methyl/N-ethyl adjacent to an activating group) is 1. The maximum Gasteiger partial charge on any atom is 0.328 e. The molecule has 1 unspecified atom stereocenters. The van der Waals surface area contributed by atoms with Gasteiger partial charge in [-0.15, -0.1) is 0 Å². The Morgan fingerprint density at radius 1 is 0.973 bits per heavy atom. The Morgan fingerprint density at radius 2 is 1.59 bits per heavy atom. The number of nitrogens with zero attached hydrogens (tertiary/aromatic N) is 2. The van der Waals surface area contributed by atoms with E-state index in [0.29, 0.717) is 22.4 Å². The Balaban J connectivity index is 1.47. The van der Waals surface area contributed by atoms with Crippen LogP contribution < -0.4 is 16.0 Å². The predicted molar refractivity (Wildman–Crippen MR) is 137 cm³/mol. The maximum absolute atomic E-state index is 13.1. The number of hydrogen-bond acceptors (Lipinski definition) is 6. The molecule has 0 bridgehead atoms. The number of rotatable bonds is 10. The van der Waals surface area contributed by atoms with E-state index in [0.717, 1.165) is 8.87 Å². The fraction of sp³-hybridized carbons (Fsp3) is 0.192. The minimum atomic E-state index is -4.15. The summed E-state index contributed by atoms with van der Waals surface area (Å²) in [5.41, 5.74) is -0.706. The number of aliphatic carboxylic acids is 1. The summed E-state index contributed by atoms with van der Waals surface area (Å²) in [6, 6.07) is 19.8. The van der Waals surface area contributed by atoms with Crippen molar-refractivity contribution in [3.05, 3.63) is 99.7 Å². The number of carboxylic acid groups (broad SMARTS) is 1. The normalized spacial score (nSPS) is 12.5. The number of carbonyl (C=O) groups is 1. The molecule has 4 rings (SSSR count). The largest absolute Gasteiger partial charge is 0.480 e. The Kier molecular flexibility index (Phi) is 7.55. The average Bonchev–Trinajstić information content (AvgIpc) is 2.88. The second-order valence-corrected chi connectivity index (χ2v) is 10.3. The lowest BCUT2D eigenvalue weighted by Gasteiger charge is -2.24. The SMILES string of the molecule is CN(C(CCCn1c(=O)[nH]c2ccccc2c1=O)C(=O)O)S(=O)(=O)c1ccc(Oc2ccccc2)cc1. The molecule has 10 nitrogen and oxygen atoms in total. The molecular weight excluding hydrogens is 498 g/mol. The molecule has 0 amide bonds. The van der Waals surface area contributed by atoms with Gasteiger partial charge in [-0.25, -0.2) is 13.2 Å². The van der Waals surface area contributed by atoms with E-state index < -0.39 is 33.3 Å². The van der Waals surface area contributed by atoms with Crippen LogP contribution in [0.2, 0.25) is 0 Å². The van der Waals surface area contributed by atoms with Gasteiger partial charge in [-0.05, 0) is 61.4 Å². The lowest BCUT2D eigenvalue weighted by atomic mass is 10.1. The molecule has 0 saturated carbocycles. The van der Waals surface area contributed by atoms with Crippen LogP contribution >= 0.6 is 0 Å². The highest BCUT2D eigenvalue weighted by atomic mass is 32.2. The second kappa shape index (κ2) is 10.8. The van der Waals surface area contributed by atoms with Crippen molar-refractivity contribution < 1.29 is 23.1 Å². The quantitative estimate of drug-likeness (QED) is 0.326. The summed E-state index contributed by atoms with van der Waals surface area (Å²) in [6.45, 7) is -0.0673. The first-order chi connectivity index (χ1) is 17.7. The standard InChI is InChI=1S/C26H25N3O7S/c1-28(37(34,35)20-15-13-19(14-16-20)36-18-8-3-2-4-9-18)23(25(31)32)12-7-17-29-24(30)21-10-5-6-11-22(21)27-26(29)33/h2-6,8-11,13-16,23H,7,12,17H2,1H3,(H,27,33)(H,31,32). The molecule has 1 atom stereocenters. The molecule has 0 aliphatic rings. The van der Waals surface area contributed by atoms with Gasteiger partial charge in [0.2, 0.25) is 10.0 Å². The van der Waals surface area contributed by atoms with Crippen LogP contribution in [-0.4, -0.2) is 46.4 Å². The number of para-hydroxylation sites is 2. The van der Waals surface area contributed by atoms with Crippen molar-refractivity contribution in [2.75, 3.05) is 7.05 Å². The zero-order chi connectivity index (χ0) is 26.6. The topological polar surface area (TPSA) is 139 Å². The van der Waals surface area contributed by atoms with E-state index >= 15 is 0 Å². The van der Waals surface area contributed by atoms with Gasteiger partial charge in [0.1, 0.15) is 17.5 Å². The van der Waals surface area contributed by atoms with Crippen molar-refractivity contribution in [1.29, 1.82) is 0 Å². The molecule has 0 aliphatic heterocycles. The summed E-state index contributed by atoms with van der Waals surface area (Å²) in [5, 5.41) is 10.1. The minimum Gasteiger partial charge on any atom is -0.480 e. The van der Waals surface area contributed by atoms with Crippen LogP contribution in [0.5, 0.6) is 11.5 Å². The number of sulfonamides is 1. The van der Waals surface area contributed by atoms with E-state index in [1.165, 1.54) is 31.3 Å². The van der Waals surface area contributed by atoms with Crippen LogP contribution in [0.15, 0.2) is 93.3 Å². The Morgan fingerprint density at radius 3 is 2.27 bits per heavy atom. The third-order valence-electron chi connectivity index (χ3n) is 5.95. The van der Waals surface area contributed by atoms with Crippen LogP contribution in [0.3, 0.4) is 0 Å². The molecule has 192 valence electrons. The molecule has 0 saturated heterocycles. The lowest BCUT2D eigenvalue weighted by molar-refractivity contribution is -0.141. The van der Waals surface area contributed by atoms with E-state index in [9.17, 15) is 27.9 Å². The number of H-pyrrole nitrogens is 1. The first kappa shape index (κ1) is 25.9. The molecule has 2 N–H and O–H groups in total. The van der Waals surface area contributed by atoms with Crippen LogP contribution in [0, 0.1) is 0 Å². The maximum atomic E-state index is 13.1. The van der Waals surface area contributed by atoms with Gasteiger partial charge < -0.3 is 14.8 Å². The lowest BCUT2D eigenvalue weighted by Crippen LogP contribution is -2.43. The van der Waals surface area contributed by atoms with E-state index in [2.05, 4.69) is 4.98 Å². The first-order valence-corrected chi connectivity index (χ1v) is 12.9. The number of fused-ring (bicyclic) bond motifs is 1. The molecule has 11 heteroatoms. The van der Waals surface area contributed by atoms with Gasteiger partial charge in [0.15, 0.2) is 0 Å². The van der Waals surface area contributed by atoms with Crippen LogP contribution in [0.25, 0.3) is 10.9 Å². The van der Waals surface area contributed by atoms with Crippen molar-refractivity contribution in [3.63, 3.8) is 0 Å². The highest BCUT2D eigenvalue weighted by Gasteiger charge is 2.32. The number of carboxylic acids is 1. The van der Waals surface area contributed by atoms with Crippen LogP contribution in [-0.2, 0) is 21.4 Å². The molecule has 0 spiro atoms. The smallest absolute Gasteiger partial charge is 0.328 e. The van der Waals surface area contributed by atoms with Crippen molar-refractivity contribution in [3.8, 4) is 11.5 Å². The molecule has 4 aromatic rings. The summed E-state index contributed by atoms with van der Waals surface area (Å²) in [5.74, 6) is -0.325. The Labute approximate surface area is 212 Å². The van der Waals surface area contributed by atoms with Gasteiger partial charge in [0, 0.05) is 13.6 Å². The number of ether oxygens (including phenoxy) is 1. The van der Waals surface area contributed by atoms with Crippen molar-refractivity contribution in [2.24, 2.45) is 0 Å². The van der Waals surface area contributed by atoms with Gasteiger partial charge in [-0.2, -0.15) is 4.31 Å². The fourth-order valence-electron chi connectivity index (χ4n) is 3.94. The highest BCUT2D eigenvalue weighted by Crippen LogP contribution is 2.25. The van der Waals surface area contributed by atoms with E-state index in [1.807, 2.05) is 18.2 Å². The van der Waals surface area contributed by atoms with Crippen molar-refractivity contribution in [1.82, 2.24) is 13.9 Å². The zero-order valence-corrected chi connectivity index (χ0v) is 20.7. The molecule has 0 aliphatic carbocycles. The molecule has 1 heterocycles. The molecule has 0 fully saturated rings. The third kappa shape index (κ3) is 5.63. The number of hydrogen-bond donors (Lipinski definition) is 2. The summed E-state index contributed by atoms with van der Waals surface area (Å²) < 4.78 is 33.7. The monoisotopic (exact) mass is 523 g/mol. The van der Waals surface area contributed by atoms with Crippen molar-refractivity contribution >= 4 is 26.9 Å². The minimum absolute atomic E-state index is 0.0673. The van der Waals surface area contributed by atoms with E-state index in [4.69, 9.17) is 4.74 Å². The van der Waals surface area contributed by atoms with E-state index in [1.54, 1.807) is 36.4 Å². The van der Waals surface area contributed by atoms with Crippen LogP contribution in [0.4, 0.5) is 0 Å². The summed E-state index contributed by atoms with van der Waals surface area (Å²) in [6.07, 6.45) is -0.0268. The first-order valence-electron chi connectivity index (χ1n) is 11.4. The average molecular weight is 524 g/mol. The van der Waals surface area contributed by atoms with Gasteiger partial charge in [-0.1, -0.05) is 30.3 Å². The highest BCUT2D eigenvalue weighted by molar-refractivity contribution is 7.89. The number of nitrogens with one attached hydrogen (secondary N) is 1. The third-order valence-corrected chi connectivity index (χ3v) is 7.83. The fourth-order valence-corrected chi connectivity index (χ4v) is 5.29. The van der Waals surface area contributed by atoms with Crippen molar-refractivity contribution in [2.45, 2.75) is 30.3 Å². The zero-order valence-electron chi connectivity index (χ0n) is 19.9. The number of aromatic amines is 1. The summed E-state index contributed by atoms with van der Waals surface area (Å²) in [7, 11) is -2.96. The summed E-state index contributed by atoms with van der Waals surface area (Å²) >= 11 is 0. The molecule has 0 radical (unpaired) electrons. The molecule has 3 aromatic carbocycles. The van der Waals surface area contributed by atoms with Gasteiger partial charge >= 0.3 is 11.7 Å². The van der Waals surface area contributed by atoms with Gasteiger partial charge in [0.05, 0.1) is 15.8 Å². The number of aromatic nitrogens is 2. The van der Waals surface area contributed by atoms with Gasteiger partial charge in [-0.3, -0.25) is 14.2 Å². The van der Waals surface area contributed by atoms with E-state index in [-0.39, 0.29) is 24.3 Å².